The molecule has 1 aromatic carbocycles. The van der Waals surface area contributed by atoms with Crippen LogP contribution in [0.15, 0.2) is 22.7 Å². The summed E-state index contributed by atoms with van der Waals surface area (Å²) in [5, 5.41) is 7.10. The van der Waals surface area contributed by atoms with E-state index in [1.165, 1.54) is 0 Å². The van der Waals surface area contributed by atoms with E-state index in [1.807, 2.05) is 0 Å². The number of aromatic nitrogens is 2. The van der Waals surface area contributed by atoms with E-state index in [9.17, 15) is 4.79 Å². The summed E-state index contributed by atoms with van der Waals surface area (Å²) in [5.74, 6) is -0.236. The third-order valence-electron chi connectivity index (χ3n) is 2.03. The Hall–Kier alpha value is -0.980. The smallest absolute Gasteiger partial charge is 0.269 e. The standard InChI is InChI=1S/C10H7BrClN3OS/c1-5-9(17-15-14-5)10(16)13-8-4-6(12)2-3-7(8)11/h2-4H,1H3,(H,13,16). The molecule has 1 heterocycles. The van der Waals surface area contributed by atoms with Crippen molar-refractivity contribution in [3.63, 3.8) is 0 Å². The highest BCUT2D eigenvalue weighted by Gasteiger charge is 2.14. The molecule has 1 amide bonds. The summed E-state index contributed by atoms with van der Waals surface area (Å²) < 4.78 is 4.49. The molecule has 0 atom stereocenters. The maximum atomic E-state index is 11.9. The average molecular weight is 333 g/mol. The fourth-order valence-electron chi connectivity index (χ4n) is 1.21. The molecule has 1 N–H and O–H groups in total. The van der Waals surface area contributed by atoms with E-state index in [1.54, 1.807) is 25.1 Å². The Morgan fingerprint density at radius 2 is 2.29 bits per heavy atom. The van der Waals surface area contributed by atoms with Crippen molar-refractivity contribution in [2.24, 2.45) is 0 Å². The lowest BCUT2D eigenvalue weighted by molar-refractivity contribution is 0.103. The number of hydrogen-bond donors (Lipinski definition) is 1. The van der Waals surface area contributed by atoms with Crippen LogP contribution in [-0.4, -0.2) is 15.5 Å². The number of nitrogens with zero attached hydrogens (tertiary/aromatic N) is 2. The van der Waals surface area contributed by atoms with E-state index in [-0.39, 0.29) is 5.91 Å². The Kier molecular flexibility index (Phi) is 3.76. The summed E-state index contributed by atoms with van der Waals surface area (Å²) in [5.41, 5.74) is 1.24. The Bertz CT molecular complexity index is 572. The van der Waals surface area contributed by atoms with Crippen LogP contribution in [0.5, 0.6) is 0 Å². The van der Waals surface area contributed by atoms with Gasteiger partial charge in [-0.3, -0.25) is 4.79 Å². The van der Waals surface area contributed by atoms with Gasteiger partial charge < -0.3 is 5.32 Å². The van der Waals surface area contributed by atoms with E-state index in [2.05, 4.69) is 30.8 Å². The number of halogens is 2. The fraction of sp³-hybridized carbons (Fsp3) is 0.100. The lowest BCUT2D eigenvalue weighted by Gasteiger charge is -2.06. The van der Waals surface area contributed by atoms with Crippen molar-refractivity contribution in [2.45, 2.75) is 6.92 Å². The highest BCUT2D eigenvalue weighted by atomic mass is 79.9. The zero-order valence-electron chi connectivity index (χ0n) is 8.70. The predicted octanol–water partition coefficient (Wildman–Crippen LogP) is 3.51. The van der Waals surface area contributed by atoms with Crippen LogP contribution in [0.2, 0.25) is 5.02 Å². The molecule has 0 spiro atoms. The van der Waals surface area contributed by atoms with Crippen LogP contribution >= 0.6 is 39.1 Å². The molecular formula is C10H7BrClN3OS. The van der Waals surface area contributed by atoms with Gasteiger partial charge in [-0.1, -0.05) is 16.1 Å². The molecule has 2 aromatic rings. The van der Waals surface area contributed by atoms with Crippen LogP contribution in [0, 0.1) is 6.92 Å². The summed E-state index contributed by atoms with van der Waals surface area (Å²) in [7, 11) is 0. The van der Waals surface area contributed by atoms with E-state index in [0.717, 1.165) is 16.0 Å². The largest absolute Gasteiger partial charge is 0.320 e. The second-order valence-corrected chi connectivity index (χ2v) is 5.31. The van der Waals surface area contributed by atoms with Crippen molar-refractivity contribution in [3.8, 4) is 0 Å². The lowest BCUT2D eigenvalue weighted by Crippen LogP contribution is -2.11. The number of benzene rings is 1. The number of hydrogen-bond acceptors (Lipinski definition) is 4. The molecule has 7 heteroatoms. The predicted molar refractivity (Wildman–Crippen MR) is 71.8 cm³/mol. The Morgan fingerprint density at radius 1 is 1.53 bits per heavy atom. The molecule has 17 heavy (non-hydrogen) atoms. The number of carbonyl (C=O) groups is 1. The van der Waals surface area contributed by atoms with Crippen LogP contribution in [0.1, 0.15) is 15.4 Å². The molecule has 88 valence electrons. The summed E-state index contributed by atoms with van der Waals surface area (Å²) >= 11 is 10.3. The molecular weight excluding hydrogens is 326 g/mol. The third kappa shape index (κ3) is 2.83. The van der Waals surface area contributed by atoms with Crippen LogP contribution < -0.4 is 5.32 Å². The van der Waals surface area contributed by atoms with E-state index < -0.39 is 0 Å². The normalized spacial score (nSPS) is 10.3. The first-order valence-corrected chi connectivity index (χ1v) is 6.57. The lowest BCUT2D eigenvalue weighted by atomic mass is 10.3. The average Bonchev–Trinajstić information content (AvgIpc) is 2.70. The van der Waals surface area contributed by atoms with Crippen LogP contribution in [0.4, 0.5) is 5.69 Å². The van der Waals surface area contributed by atoms with E-state index in [4.69, 9.17) is 11.6 Å². The van der Waals surface area contributed by atoms with Gasteiger partial charge in [-0.05, 0) is 52.6 Å². The van der Waals surface area contributed by atoms with Gasteiger partial charge in [0.2, 0.25) is 0 Å². The van der Waals surface area contributed by atoms with Crippen molar-refractivity contribution in [1.29, 1.82) is 0 Å². The minimum atomic E-state index is -0.236. The van der Waals surface area contributed by atoms with Gasteiger partial charge in [0.15, 0.2) is 0 Å². The summed E-state index contributed by atoms with van der Waals surface area (Å²) in [6, 6.07) is 5.18. The minimum absolute atomic E-state index is 0.236. The van der Waals surface area contributed by atoms with Crippen molar-refractivity contribution in [1.82, 2.24) is 9.59 Å². The first kappa shape index (κ1) is 12.5. The van der Waals surface area contributed by atoms with Gasteiger partial charge in [-0.2, -0.15) is 0 Å². The molecule has 1 aromatic heterocycles. The van der Waals surface area contributed by atoms with Crippen LogP contribution in [0.25, 0.3) is 0 Å². The first-order valence-electron chi connectivity index (χ1n) is 4.63. The number of anilines is 1. The monoisotopic (exact) mass is 331 g/mol. The van der Waals surface area contributed by atoms with Gasteiger partial charge >= 0.3 is 0 Å². The summed E-state index contributed by atoms with van der Waals surface area (Å²) in [4.78, 5) is 12.4. The number of nitrogens with one attached hydrogen (secondary N) is 1. The molecule has 0 saturated carbocycles. The molecule has 4 nitrogen and oxygen atoms in total. The summed E-state index contributed by atoms with van der Waals surface area (Å²) in [6.07, 6.45) is 0. The molecule has 0 saturated heterocycles. The van der Waals surface area contributed by atoms with Crippen molar-refractivity contribution < 1.29 is 4.79 Å². The minimum Gasteiger partial charge on any atom is -0.320 e. The second-order valence-electron chi connectivity index (χ2n) is 3.27. The molecule has 0 fully saturated rings. The molecule has 0 unspecified atom stereocenters. The topological polar surface area (TPSA) is 54.9 Å². The third-order valence-corrected chi connectivity index (χ3v) is 3.79. The Balaban J connectivity index is 2.24. The van der Waals surface area contributed by atoms with Gasteiger partial charge in [-0.25, -0.2) is 0 Å². The zero-order valence-corrected chi connectivity index (χ0v) is 11.9. The van der Waals surface area contributed by atoms with Gasteiger partial charge in [0.1, 0.15) is 4.88 Å². The molecule has 0 radical (unpaired) electrons. The number of rotatable bonds is 2. The first-order chi connectivity index (χ1) is 8.08. The van der Waals surface area contributed by atoms with Gasteiger partial charge in [-0.15, -0.1) is 5.10 Å². The van der Waals surface area contributed by atoms with Crippen LogP contribution in [-0.2, 0) is 0 Å². The SMILES string of the molecule is Cc1nnsc1C(=O)Nc1cc(Cl)ccc1Br. The Morgan fingerprint density at radius 3 is 2.94 bits per heavy atom. The van der Waals surface area contributed by atoms with E-state index in [0.29, 0.717) is 21.3 Å². The quantitative estimate of drug-likeness (QED) is 0.915. The van der Waals surface area contributed by atoms with Gasteiger partial charge in [0, 0.05) is 9.50 Å². The zero-order chi connectivity index (χ0) is 12.4. The maximum absolute atomic E-state index is 11.9. The molecule has 0 aliphatic rings. The second kappa shape index (κ2) is 5.12. The molecule has 2 rings (SSSR count). The van der Waals surface area contributed by atoms with Crippen molar-refractivity contribution in [2.75, 3.05) is 5.32 Å². The Labute approximate surface area is 115 Å². The van der Waals surface area contributed by atoms with Crippen molar-refractivity contribution in [3.05, 3.63) is 38.3 Å². The highest BCUT2D eigenvalue weighted by Crippen LogP contribution is 2.26. The van der Waals surface area contributed by atoms with E-state index >= 15 is 0 Å². The molecule has 0 bridgehead atoms. The number of carbonyl (C=O) groups excluding carboxylic acids is 1. The van der Waals surface area contributed by atoms with Crippen molar-refractivity contribution >= 4 is 50.7 Å². The maximum Gasteiger partial charge on any atom is 0.269 e. The number of amides is 1. The molecule has 0 aliphatic carbocycles. The fourth-order valence-corrected chi connectivity index (χ4v) is 2.28. The highest BCUT2D eigenvalue weighted by molar-refractivity contribution is 9.10. The summed E-state index contributed by atoms with van der Waals surface area (Å²) in [6.45, 7) is 1.74. The van der Waals surface area contributed by atoms with Gasteiger partial charge in [0.25, 0.3) is 5.91 Å². The molecule has 0 aliphatic heterocycles. The van der Waals surface area contributed by atoms with Crippen LogP contribution in [0.3, 0.4) is 0 Å². The number of aryl methyl sites for hydroxylation is 1. The van der Waals surface area contributed by atoms with Gasteiger partial charge in [0.05, 0.1) is 11.4 Å².